The SMILES string of the molecule is Cc1cc2ccccc2[cH-]1.[Cl][V][Cl].[NH-]c1ccccc1. The predicted molar refractivity (Wildman–Crippen MR) is 86.4 cm³/mol. The zero-order chi connectivity index (χ0) is 14.8. The van der Waals surface area contributed by atoms with Gasteiger partial charge in [0.25, 0.3) is 0 Å². The van der Waals surface area contributed by atoms with Gasteiger partial charge < -0.3 is 5.73 Å². The molecule has 3 rings (SSSR count). The van der Waals surface area contributed by atoms with Crippen LogP contribution in [0.25, 0.3) is 16.5 Å². The smallest absolute Gasteiger partial charge is 0.0624 e. The molecular weight excluding hydrogens is 328 g/mol. The summed E-state index contributed by atoms with van der Waals surface area (Å²) in [5.41, 5.74) is 8.92. The molecule has 0 aliphatic rings. The van der Waals surface area contributed by atoms with E-state index in [-0.39, 0.29) is 14.4 Å². The molecule has 105 valence electrons. The zero-order valence-corrected chi connectivity index (χ0v) is 14.0. The monoisotopic (exact) mass is 342 g/mol. The molecule has 0 aliphatic carbocycles. The molecule has 0 heterocycles. The number of hydrogen-bond donors (Lipinski definition) is 0. The Morgan fingerprint density at radius 1 is 0.950 bits per heavy atom. The number of benzene rings is 2. The van der Waals surface area contributed by atoms with Gasteiger partial charge in [0.1, 0.15) is 0 Å². The Morgan fingerprint density at radius 3 is 2.00 bits per heavy atom. The van der Waals surface area contributed by atoms with Gasteiger partial charge in [-0.25, -0.2) is 0 Å². The van der Waals surface area contributed by atoms with Gasteiger partial charge in [0.05, 0.1) is 0 Å². The number of halogens is 2. The quantitative estimate of drug-likeness (QED) is 0.410. The van der Waals surface area contributed by atoms with Crippen molar-refractivity contribution in [3.05, 3.63) is 78.0 Å². The second-order valence-corrected chi connectivity index (χ2v) is 6.40. The summed E-state index contributed by atoms with van der Waals surface area (Å²) in [4.78, 5) is 0. The normalized spacial score (nSPS) is 8.95. The van der Waals surface area contributed by atoms with Gasteiger partial charge in [0.15, 0.2) is 0 Å². The molecule has 3 aromatic rings. The van der Waals surface area contributed by atoms with E-state index in [1.54, 1.807) is 12.1 Å². The summed E-state index contributed by atoms with van der Waals surface area (Å²) in [6, 6.07) is 21.9. The molecule has 4 heteroatoms. The van der Waals surface area contributed by atoms with E-state index in [1.165, 1.54) is 16.3 Å². The Kier molecular flexibility index (Phi) is 8.40. The van der Waals surface area contributed by atoms with Gasteiger partial charge in [-0.3, -0.25) is 0 Å². The Hall–Kier alpha value is -0.986. The minimum absolute atomic E-state index is 0.368. The number of nitrogens with one attached hydrogen (secondary N) is 1. The first-order chi connectivity index (χ1) is 9.67. The van der Waals surface area contributed by atoms with E-state index in [2.05, 4.69) is 43.3 Å². The van der Waals surface area contributed by atoms with Crippen molar-refractivity contribution in [2.75, 3.05) is 0 Å². The van der Waals surface area contributed by atoms with Crippen molar-refractivity contribution in [2.24, 2.45) is 0 Å². The molecular formula is C16H15Cl2NV-2. The van der Waals surface area contributed by atoms with Crippen LogP contribution in [0.2, 0.25) is 0 Å². The summed E-state index contributed by atoms with van der Waals surface area (Å²) in [5.74, 6) is 0. The number of aryl methyl sites for hydroxylation is 1. The Morgan fingerprint density at radius 2 is 1.50 bits per heavy atom. The molecule has 0 fully saturated rings. The molecule has 0 spiro atoms. The Balaban J connectivity index is 0.000000176. The number of fused-ring (bicyclic) bond motifs is 1. The van der Waals surface area contributed by atoms with Crippen LogP contribution in [0, 0.1) is 6.92 Å². The first-order valence-corrected chi connectivity index (χ1v) is 9.82. The molecule has 0 atom stereocenters. The first kappa shape index (κ1) is 17.1. The minimum atomic E-state index is -0.368. The summed E-state index contributed by atoms with van der Waals surface area (Å²) >= 11 is -0.368. The van der Waals surface area contributed by atoms with Gasteiger partial charge in [-0.05, 0) is 0 Å². The van der Waals surface area contributed by atoms with Crippen LogP contribution in [-0.2, 0) is 14.4 Å². The van der Waals surface area contributed by atoms with Gasteiger partial charge in [-0.1, -0.05) is 43.3 Å². The average molecular weight is 343 g/mol. The second-order valence-electron chi connectivity index (χ2n) is 4.09. The number of rotatable bonds is 0. The summed E-state index contributed by atoms with van der Waals surface area (Å²) < 4.78 is 0. The fraction of sp³-hybridized carbons (Fsp3) is 0.0625. The van der Waals surface area contributed by atoms with Gasteiger partial charge in [0, 0.05) is 0 Å². The molecule has 0 aliphatic heterocycles. The van der Waals surface area contributed by atoms with Crippen LogP contribution >= 0.6 is 19.7 Å². The van der Waals surface area contributed by atoms with E-state index in [4.69, 9.17) is 25.4 Å². The van der Waals surface area contributed by atoms with Crippen LogP contribution in [0.5, 0.6) is 0 Å². The van der Waals surface area contributed by atoms with Crippen LogP contribution in [0.4, 0.5) is 5.69 Å². The van der Waals surface area contributed by atoms with E-state index < -0.39 is 0 Å². The van der Waals surface area contributed by atoms with E-state index in [1.807, 2.05) is 18.2 Å². The molecule has 0 unspecified atom stereocenters. The summed E-state index contributed by atoms with van der Waals surface area (Å²) in [7, 11) is 9.72. The van der Waals surface area contributed by atoms with Crippen molar-refractivity contribution >= 4 is 36.2 Å². The molecule has 0 saturated heterocycles. The Bertz CT molecular complexity index is 575. The van der Waals surface area contributed by atoms with Gasteiger partial charge in [0.2, 0.25) is 0 Å². The first-order valence-electron chi connectivity index (χ1n) is 5.98. The van der Waals surface area contributed by atoms with E-state index in [9.17, 15) is 0 Å². The van der Waals surface area contributed by atoms with E-state index in [0.717, 1.165) is 0 Å². The third-order valence-electron chi connectivity index (χ3n) is 2.54. The maximum Gasteiger partial charge on any atom is -0.0624 e. The molecule has 0 aromatic heterocycles. The van der Waals surface area contributed by atoms with Crippen molar-refractivity contribution in [1.29, 1.82) is 0 Å². The fourth-order valence-electron chi connectivity index (χ4n) is 1.74. The molecule has 0 radical (unpaired) electrons. The van der Waals surface area contributed by atoms with Gasteiger partial charge in [-0.15, -0.1) is 46.3 Å². The van der Waals surface area contributed by atoms with Crippen LogP contribution in [-0.4, -0.2) is 0 Å². The van der Waals surface area contributed by atoms with Crippen molar-refractivity contribution in [2.45, 2.75) is 6.92 Å². The van der Waals surface area contributed by atoms with Crippen LogP contribution in [0.3, 0.4) is 0 Å². The summed E-state index contributed by atoms with van der Waals surface area (Å²) in [6.45, 7) is 2.12. The maximum atomic E-state index is 7.00. The van der Waals surface area contributed by atoms with Crippen molar-refractivity contribution in [3.8, 4) is 0 Å². The molecule has 0 bridgehead atoms. The van der Waals surface area contributed by atoms with Crippen molar-refractivity contribution in [3.63, 3.8) is 0 Å². The summed E-state index contributed by atoms with van der Waals surface area (Å²) in [6.07, 6.45) is 0. The van der Waals surface area contributed by atoms with E-state index >= 15 is 0 Å². The maximum absolute atomic E-state index is 7.00. The predicted octanol–water partition coefficient (Wildman–Crippen LogP) is 6.61. The molecule has 0 amide bonds. The minimum Gasteiger partial charge on any atom is -0.699 e. The van der Waals surface area contributed by atoms with Gasteiger partial charge >= 0.3 is 34.1 Å². The van der Waals surface area contributed by atoms with Crippen LogP contribution in [0.1, 0.15) is 5.56 Å². The number of hydrogen-bond acceptors (Lipinski definition) is 0. The average Bonchev–Trinajstić information content (AvgIpc) is 2.81. The molecule has 3 aromatic carbocycles. The molecule has 1 nitrogen and oxygen atoms in total. The molecule has 20 heavy (non-hydrogen) atoms. The third kappa shape index (κ3) is 6.45. The van der Waals surface area contributed by atoms with Crippen LogP contribution in [0.15, 0.2) is 66.7 Å². The van der Waals surface area contributed by atoms with Crippen molar-refractivity contribution < 1.29 is 14.4 Å². The van der Waals surface area contributed by atoms with Crippen molar-refractivity contribution in [1.82, 2.24) is 0 Å². The van der Waals surface area contributed by atoms with Gasteiger partial charge in [-0.2, -0.15) is 6.07 Å². The fourth-order valence-corrected chi connectivity index (χ4v) is 1.74. The zero-order valence-electron chi connectivity index (χ0n) is 11.1. The second kappa shape index (κ2) is 9.85. The topological polar surface area (TPSA) is 23.8 Å². The molecule has 1 N–H and O–H groups in total. The summed E-state index contributed by atoms with van der Waals surface area (Å²) in [5, 5.41) is 2.69. The van der Waals surface area contributed by atoms with E-state index in [0.29, 0.717) is 5.69 Å². The van der Waals surface area contributed by atoms with Crippen LogP contribution < -0.4 is 0 Å². The standard InChI is InChI=1S/C10H9.C6H6N.2ClH.V/c1-8-6-9-4-2-3-5-10(9)7-8;7-6-4-2-1-3-5-6;;;/h2-7H,1H3;1-5,7H;2*1H;/q2*-1;;;+2/p-2. The largest absolute Gasteiger partial charge is 0.699 e. The third-order valence-corrected chi connectivity index (χ3v) is 2.54. The molecule has 0 saturated carbocycles. The Labute approximate surface area is 135 Å².